The maximum absolute atomic E-state index is 13.0. The van der Waals surface area contributed by atoms with Gasteiger partial charge in [-0.15, -0.1) is 0 Å². The highest BCUT2D eigenvalue weighted by atomic mass is 35.5. The van der Waals surface area contributed by atoms with Crippen LogP contribution in [0.3, 0.4) is 0 Å². The van der Waals surface area contributed by atoms with Crippen molar-refractivity contribution in [3.63, 3.8) is 0 Å². The van der Waals surface area contributed by atoms with Crippen molar-refractivity contribution < 1.29 is 14.4 Å². The fourth-order valence-corrected chi connectivity index (χ4v) is 5.32. The van der Waals surface area contributed by atoms with Crippen LogP contribution in [0, 0.1) is 13.8 Å². The molecule has 3 aromatic carbocycles. The Morgan fingerprint density at radius 3 is 2.50 bits per heavy atom. The monoisotopic (exact) mass is 515 g/mol. The molecule has 0 bridgehead atoms. The molecule has 1 aliphatic heterocycles. The zero-order valence-electron chi connectivity index (χ0n) is 19.6. The number of imide groups is 1. The number of thioether (sulfide) groups is 1. The first kappa shape index (κ1) is 23.9. The molecule has 4 aromatic rings. The average molecular weight is 516 g/mol. The minimum atomic E-state index is -0.477. The third kappa shape index (κ3) is 4.55. The van der Waals surface area contributed by atoms with Crippen LogP contribution in [-0.4, -0.2) is 33.1 Å². The minimum absolute atomic E-state index is 0.286. The number of fused-ring (bicyclic) bond motifs is 1. The van der Waals surface area contributed by atoms with Crippen LogP contribution >= 0.6 is 23.4 Å². The van der Waals surface area contributed by atoms with Gasteiger partial charge in [-0.3, -0.25) is 19.3 Å². The number of hydrogen-bond donors (Lipinski definition) is 1. The van der Waals surface area contributed by atoms with E-state index in [0.29, 0.717) is 10.7 Å². The Labute approximate surface area is 217 Å². The lowest BCUT2D eigenvalue weighted by Gasteiger charge is -2.13. The number of nitrogens with one attached hydrogen (secondary N) is 1. The first-order valence-electron chi connectivity index (χ1n) is 11.3. The van der Waals surface area contributed by atoms with Crippen LogP contribution in [0.15, 0.2) is 77.7 Å². The zero-order chi connectivity index (χ0) is 25.4. The summed E-state index contributed by atoms with van der Waals surface area (Å²) in [4.78, 5) is 39.7. The van der Waals surface area contributed by atoms with Crippen molar-refractivity contribution in [2.24, 2.45) is 0 Å². The van der Waals surface area contributed by atoms with Gasteiger partial charge in [-0.05, 0) is 79.0 Å². The molecule has 36 heavy (non-hydrogen) atoms. The van der Waals surface area contributed by atoms with E-state index in [1.807, 2.05) is 80.6 Å². The standard InChI is InChI=1S/C28H22ClN3O3S/c1-17-14-20(18(2)32(17)22-12-10-21(29)11-13-22)15-25-27(34)31(28(35)36-25)16-26(33)30-24-9-5-7-19-6-3-4-8-23(19)24/h3-15H,16H2,1-2H3,(H,30,33)/b25-15+. The van der Waals surface area contributed by atoms with Crippen molar-refractivity contribution in [1.82, 2.24) is 9.47 Å². The van der Waals surface area contributed by atoms with Crippen LogP contribution in [0.2, 0.25) is 5.02 Å². The summed E-state index contributed by atoms with van der Waals surface area (Å²) in [5, 5.41) is 4.89. The number of anilines is 1. The second-order valence-corrected chi connectivity index (χ2v) is 9.91. The predicted molar refractivity (Wildman–Crippen MR) is 146 cm³/mol. The lowest BCUT2D eigenvalue weighted by Crippen LogP contribution is -2.36. The molecule has 2 heterocycles. The summed E-state index contributed by atoms with van der Waals surface area (Å²) in [6, 6.07) is 22.7. The third-order valence-electron chi connectivity index (χ3n) is 6.08. The van der Waals surface area contributed by atoms with E-state index in [-0.39, 0.29) is 11.4 Å². The number of benzene rings is 3. The van der Waals surface area contributed by atoms with Crippen LogP contribution < -0.4 is 5.32 Å². The number of carbonyl (C=O) groups is 3. The molecule has 0 saturated carbocycles. The Morgan fingerprint density at radius 1 is 1.00 bits per heavy atom. The van der Waals surface area contributed by atoms with E-state index in [0.717, 1.165) is 50.1 Å². The average Bonchev–Trinajstić information content (AvgIpc) is 3.29. The first-order valence-corrected chi connectivity index (χ1v) is 12.5. The van der Waals surface area contributed by atoms with Crippen LogP contribution in [-0.2, 0) is 9.59 Å². The molecule has 0 radical (unpaired) electrons. The van der Waals surface area contributed by atoms with E-state index in [1.165, 1.54) is 0 Å². The molecule has 5 rings (SSSR count). The molecule has 1 N–H and O–H groups in total. The second-order valence-electron chi connectivity index (χ2n) is 8.48. The van der Waals surface area contributed by atoms with E-state index in [4.69, 9.17) is 11.6 Å². The number of amides is 3. The normalized spacial score (nSPS) is 14.8. The van der Waals surface area contributed by atoms with Crippen molar-refractivity contribution in [1.29, 1.82) is 0 Å². The van der Waals surface area contributed by atoms with E-state index < -0.39 is 17.1 Å². The van der Waals surface area contributed by atoms with Gasteiger partial charge in [-0.1, -0.05) is 48.0 Å². The van der Waals surface area contributed by atoms with Crippen molar-refractivity contribution in [3.05, 3.63) is 99.7 Å². The predicted octanol–water partition coefficient (Wildman–Crippen LogP) is 6.58. The number of halogens is 1. The second kappa shape index (κ2) is 9.68. The van der Waals surface area contributed by atoms with Crippen molar-refractivity contribution >= 4 is 63.0 Å². The fourth-order valence-electron chi connectivity index (χ4n) is 4.37. The summed E-state index contributed by atoms with van der Waals surface area (Å²) in [6.07, 6.45) is 1.71. The molecule has 1 fully saturated rings. The number of aromatic nitrogens is 1. The molecular weight excluding hydrogens is 494 g/mol. The zero-order valence-corrected chi connectivity index (χ0v) is 21.2. The van der Waals surface area contributed by atoms with Gasteiger partial charge in [0.2, 0.25) is 5.91 Å². The van der Waals surface area contributed by atoms with Gasteiger partial charge in [-0.25, -0.2) is 0 Å². The number of hydrogen-bond acceptors (Lipinski definition) is 4. The Balaban J connectivity index is 1.35. The Bertz CT molecular complexity index is 1550. The summed E-state index contributed by atoms with van der Waals surface area (Å²) >= 11 is 6.86. The molecule has 8 heteroatoms. The Hall–Kier alpha value is -3.81. The fraction of sp³-hybridized carbons (Fsp3) is 0.107. The molecule has 180 valence electrons. The van der Waals surface area contributed by atoms with Gasteiger partial charge in [0.1, 0.15) is 6.54 Å². The highest BCUT2D eigenvalue weighted by Crippen LogP contribution is 2.34. The summed E-state index contributed by atoms with van der Waals surface area (Å²) in [5.74, 6) is -0.912. The Kier molecular flexibility index (Phi) is 6.43. The SMILES string of the molecule is Cc1cc(/C=C2/SC(=O)N(CC(=O)Nc3cccc4ccccc34)C2=O)c(C)n1-c1ccc(Cl)cc1. The van der Waals surface area contributed by atoms with Gasteiger partial charge in [0.25, 0.3) is 11.1 Å². The van der Waals surface area contributed by atoms with Crippen LogP contribution in [0.4, 0.5) is 10.5 Å². The van der Waals surface area contributed by atoms with E-state index in [9.17, 15) is 14.4 Å². The smallest absolute Gasteiger partial charge is 0.294 e. The maximum Gasteiger partial charge on any atom is 0.294 e. The molecule has 1 saturated heterocycles. The molecule has 1 aromatic heterocycles. The highest BCUT2D eigenvalue weighted by molar-refractivity contribution is 8.18. The minimum Gasteiger partial charge on any atom is -0.324 e. The molecule has 0 spiro atoms. The van der Waals surface area contributed by atoms with Crippen molar-refractivity contribution in [2.75, 3.05) is 11.9 Å². The summed E-state index contributed by atoms with van der Waals surface area (Å²) < 4.78 is 2.06. The number of carbonyl (C=O) groups excluding carboxylic acids is 3. The van der Waals surface area contributed by atoms with Gasteiger partial charge in [0.15, 0.2) is 0 Å². The quantitative estimate of drug-likeness (QED) is 0.305. The van der Waals surface area contributed by atoms with Gasteiger partial charge < -0.3 is 9.88 Å². The molecule has 6 nitrogen and oxygen atoms in total. The maximum atomic E-state index is 13.0. The molecule has 3 amide bonds. The first-order chi connectivity index (χ1) is 17.3. The van der Waals surface area contributed by atoms with Crippen molar-refractivity contribution in [2.45, 2.75) is 13.8 Å². The molecular formula is C28H22ClN3O3S. The van der Waals surface area contributed by atoms with E-state index >= 15 is 0 Å². The molecule has 0 aliphatic carbocycles. The summed E-state index contributed by atoms with van der Waals surface area (Å²) in [5.41, 5.74) is 4.32. The number of rotatable bonds is 5. The number of aryl methyl sites for hydroxylation is 1. The van der Waals surface area contributed by atoms with E-state index in [1.54, 1.807) is 12.1 Å². The van der Waals surface area contributed by atoms with Gasteiger partial charge in [0, 0.05) is 33.2 Å². The van der Waals surface area contributed by atoms with Crippen LogP contribution in [0.5, 0.6) is 0 Å². The largest absolute Gasteiger partial charge is 0.324 e. The lowest BCUT2D eigenvalue weighted by atomic mass is 10.1. The van der Waals surface area contributed by atoms with Crippen molar-refractivity contribution in [3.8, 4) is 5.69 Å². The number of nitrogens with zero attached hydrogens (tertiary/aromatic N) is 2. The lowest BCUT2D eigenvalue weighted by molar-refractivity contribution is -0.127. The van der Waals surface area contributed by atoms with Crippen LogP contribution in [0.25, 0.3) is 22.5 Å². The summed E-state index contributed by atoms with van der Waals surface area (Å²) in [7, 11) is 0. The third-order valence-corrected chi connectivity index (χ3v) is 7.24. The Morgan fingerprint density at radius 2 is 1.72 bits per heavy atom. The molecule has 0 atom stereocenters. The van der Waals surface area contributed by atoms with E-state index in [2.05, 4.69) is 9.88 Å². The molecule has 1 aliphatic rings. The van der Waals surface area contributed by atoms with Gasteiger partial charge >= 0.3 is 0 Å². The van der Waals surface area contributed by atoms with Gasteiger partial charge in [0.05, 0.1) is 4.91 Å². The topological polar surface area (TPSA) is 71.4 Å². The molecule has 0 unspecified atom stereocenters. The van der Waals surface area contributed by atoms with Gasteiger partial charge in [-0.2, -0.15) is 0 Å². The van der Waals surface area contributed by atoms with Crippen LogP contribution in [0.1, 0.15) is 17.0 Å². The highest BCUT2D eigenvalue weighted by Gasteiger charge is 2.36. The summed E-state index contributed by atoms with van der Waals surface area (Å²) in [6.45, 7) is 3.58.